The van der Waals surface area contributed by atoms with Gasteiger partial charge in [-0.1, -0.05) is 188 Å². The Bertz CT molecular complexity index is 4160. The van der Waals surface area contributed by atoms with Crippen molar-refractivity contribution in [2.75, 3.05) is 4.90 Å². The van der Waals surface area contributed by atoms with Crippen molar-refractivity contribution in [3.8, 4) is 50.2 Å². The molecule has 13 aromatic rings. The van der Waals surface area contributed by atoms with E-state index >= 15 is 0 Å². The second-order valence-corrected chi connectivity index (χ2v) is 18.7. The SMILES string of the molecule is c1ccc(-c2ccc(N(c3ccc(-c4cccc5c4c4cc6c(cc4n5-c4ccccc4)oc4ccccc46)cc3)c3cccc4c3C3(c5ccccc5-c5ccccc53)c3ccccc3-4)cc2)cc1. The first-order chi connectivity index (χ1) is 34.7. The Balaban J connectivity index is 0.957. The molecule has 0 fully saturated rings. The molecule has 2 aliphatic rings. The van der Waals surface area contributed by atoms with Crippen LogP contribution in [0.4, 0.5) is 17.1 Å². The number of aromatic nitrogens is 1. The van der Waals surface area contributed by atoms with E-state index in [1.807, 2.05) is 6.07 Å². The number of hydrogen-bond acceptors (Lipinski definition) is 2. The summed E-state index contributed by atoms with van der Waals surface area (Å²) in [6.45, 7) is 0. The largest absolute Gasteiger partial charge is 0.456 e. The predicted octanol–water partition coefficient (Wildman–Crippen LogP) is 17.8. The molecule has 0 aliphatic heterocycles. The molecule has 0 radical (unpaired) electrons. The average Bonchev–Trinajstić information content (AvgIpc) is 4.15. The van der Waals surface area contributed by atoms with Crippen LogP contribution in [0.25, 0.3) is 93.9 Å². The Labute approximate surface area is 405 Å². The number of anilines is 3. The number of benzene rings is 11. The highest BCUT2D eigenvalue weighted by Gasteiger charge is 2.53. The molecule has 0 saturated carbocycles. The zero-order valence-electron chi connectivity index (χ0n) is 38.1. The fraction of sp³-hybridized carbons (Fsp3) is 0.0149. The zero-order chi connectivity index (χ0) is 45.9. The molecule has 0 amide bonds. The predicted molar refractivity (Wildman–Crippen MR) is 290 cm³/mol. The minimum Gasteiger partial charge on any atom is -0.456 e. The molecule has 3 nitrogen and oxygen atoms in total. The Kier molecular flexibility index (Phi) is 8.28. The van der Waals surface area contributed by atoms with Crippen molar-refractivity contribution < 1.29 is 4.42 Å². The molecule has 2 aromatic heterocycles. The number of rotatable bonds is 6. The molecule has 0 N–H and O–H groups in total. The Hall–Kier alpha value is -9.18. The number of fused-ring (bicyclic) bond motifs is 16. The molecular formula is C67H42N2O. The third-order valence-corrected chi connectivity index (χ3v) is 15.2. The maximum Gasteiger partial charge on any atom is 0.137 e. The third-order valence-electron chi connectivity index (χ3n) is 15.2. The maximum absolute atomic E-state index is 6.49. The van der Waals surface area contributed by atoms with E-state index < -0.39 is 5.41 Å². The smallest absolute Gasteiger partial charge is 0.137 e. The highest BCUT2D eigenvalue weighted by Crippen LogP contribution is 2.65. The topological polar surface area (TPSA) is 21.3 Å². The summed E-state index contributed by atoms with van der Waals surface area (Å²) in [6, 6.07) is 93.6. The van der Waals surface area contributed by atoms with Gasteiger partial charge in [-0.05, 0) is 122 Å². The average molecular weight is 891 g/mol. The van der Waals surface area contributed by atoms with Gasteiger partial charge in [0.05, 0.1) is 22.1 Å². The minimum atomic E-state index is -0.522. The van der Waals surface area contributed by atoms with Crippen molar-refractivity contribution in [1.29, 1.82) is 0 Å². The van der Waals surface area contributed by atoms with Gasteiger partial charge in [0.15, 0.2) is 0 Å². The maximum atomic E-state index is 6.49. The first-order valence-corrected chi connectivity index (χ1v) is 24.2. The van der Waals surface area contributed by atoms with E-state index in [-0.39, 0.29) is 0 Å². The molecule has 1 spiro atoms. The standard InChI is InChI=1S/C67H42N2O/c1-3-17-43(18-4-1)44-33-37-47(38-34-44)68(61-31-16-26-54-52-23-9-13-29-59(52)67(66(54)61)57-27-11-7-21-50(57)51-22-8-12-28-58(51)67)48-39-35-45(36-40-48)49-25-15-30-60-65(49)56-41-55-53-24-10-14-32-63(53)70-64(55)42-62(56)69(60)46-19-5-2-6-20-46/h1-42H. The van der Waals surface area contributed by atoms with E-state index in [9.17, 15) is 0 Å². The number of para-hydroxylation sites is 2. The van der Waals surface area contributed by atoms with Gasteiger partial charge in [-0.2, -0.15) is 0 Å². The molecule has 3 heteroatoms. The molecule has 11 aromatic carbocycles. The van der Waals surface area contributed by atoms with E-state index in [1.54, 1.807) is 0 Å². The Morgan fingerprint density at radius 2 is 0.871 bits per heavy atom. The highest BCUT2D eigenvalue weighted by molar-refractivity contribution is 6.21. The molecule has 0 atom stereocenters. The van der Waals surface area contributed by atoms with E-state index in [1.165, 1.54) is 72.0 Å². The van der Waals surface area contributed by atoms with Crippen molar-refractivity contribution in [1.82, 2.24) is 4.57 Å². The van der Waals surface area contributed by atoms with E-state index in [2.05, 4.69) is 258 Å². The molecule has 0 unspecified atom stereocenters. The summed E-state index contributed by atoms with van der Waals surface area (Å²) in [5, 5.41) is 4.66. The highest BCUT2D eigenvalue weighted by atomic mass is 16.3. The number of furan rings is 1. The van der Waals surface area contributed by atoms with Gasteiger partial charge in [-0.3, -0.25) is 0 Å². The molecule has 2 heterocycles. The van der Waals surface area contributed by atoms with Gasteiger partial charge in [0, 0.05) is 50.2 Å². The number of hydrogen-bond donors (Lipinski definition) is 0. The molecule has 2 aliphatic carbocycles. The van der Waals surface area contributed by atoms with Gasteiger partial charge in [-0.25, -0.2) is 0 Å². The van der Waals surface area contributed by atoms with Crippen LogP contribution in [-0.4, -0.2) is 4.57 Å². The molecule has 15 rings (SSSR count). The molecule has 0 saturated heterocycles. The summed E-state index contributed by atoms with van der Waals surface area (Å²) in [6.07, 6.45) is 0. The lowest BCUT2D eigenvalue weighted by Gasteiger charge is -2.36. The van der Waals surface area contributed by atoms with Gasteiger partial charge < -0.3 is 13.9 Å². The van der Waals surface area contributed by atoms with Gasteiger partial charge >= 0.3 is 0 Å². The van der Waals surface area contributed by atoms with Crippen molar-refractivity contribution in [2.45, 2.75) is 5.41 Å². The first kappa shape index (κ1) is 38.9. The van der Waals surface area contributed by atoms with Crippen LogP contribution in [0, 0.1) is 0 Å². The zero-order valence-corrected chi connectivity index (χ0v) is 38.1. The summed E-state index contributed by atoms with van der Waals surface area (Å²) in [5.41, 5.74) is 23.1. The molecule has 326 valence electrons. The van der Waals surface area contributed by atoms with Crippen LogP contribution in [0.5, 0.6) is 0 Å². The van der Waals surface area contributed by atoms with Crippen LogP contribution >= 0.6 is 0 Å². The van der Waals surface area contributed by atoms with Gasteiger partial charge in [-0.15, -0.1) is 0 Å². The quantitative estimate of drug-likeness (QED) is 0.166. The van der Waals surface area contributed by atoms with Gasteiger partial charge in [0.2, 0.25) is 0 Å². The fourth-order valence-electron chi connectivity index (χ4n) is 12.4. The van der Waals surface area contributed by atoms with Gasteiger partial charge in [0.25, 0.3) is 0 Å². The summed E-state index contributed by atoms with van der Waals surface area (Å²) in [7, 11) is 0. The van der Waals surface area contributed by atoms with Crippen LogP contribution in [0.15, 0.2) is 259 Å². The third kappa shape index (κ3) is 5.40. The van der Waals surface area contributed by atoms with Crippen molar-refractivity contribution in [2.24, 2.45) is 0 Å². The fourth-order valence-corrected chi connectivity index (χ4v) is 12.4. The summed E-state index contributed by atoms with van der Waals surface area (Å²) >= 11 is 0. The second kappa shape index (κ2) is 14.9. The summed E-state index contributed by atoms with van der Waals surface area (Å²) < 4.78 is 8.88. The lowest BCUT2D eigenvalue weighted by atomic mass is 9.70. The van der Waals surface area contributed by atoms with E-state index in [0.29, 0.717) is 0 Å². The molecular weight excluding hydrogens is 849 g/mol. The van der Waals surface area contributed by atoms with Crippen molar-refractivity contribution in [3.05, 3.63) is 277 Å². The first-order valence-electron chi connectivity index (χ1n) is 24.2. The van der Waals surface area contributed by atoms with E-state index in [0.717, 1.165) is 61.3 Å². The minimum absolute atomic E-state index is 0.522. The summed E-state index contributed by atoms with van der Waals surface area (Å²) in [4.78, 5) is 2.50. The van der Waals surface area contributed by atoms with Crippen LogP contribution in [0.3, 0.4) is 0 Å². The van der Waals surface area contributed by atoms with Crippen LogP contribution in [0.1, 0.15) is 22.3 Å². The van der Waals surface area contributed by atoms with Crippen LogP contribution in [0.2, 0.25) is 0 Å². The summed E-state index contributed by atoms with van der Waals surface area (Å²) in [5.74, 6) is 0. The van der Waals surface area contributed by atoms with Crippen LogP contribution in [-0.2, 0) is 5.41 Å². The molecule has 0 bridgehead atoms. The Morgan fingerprint density at radius 1 is 0.343 bits per heavy atom. The lowest BCUT2D eigenvalue weighted by Crippen LogP contribution is -2.28. The lowest BCUT2D eigenvalue weighted by molar-refractivity contribution is 0.669. The van der Waals surface area contributed by atoms with Crippen LogP contribution < -0.4 is 4.90 Å². The Morgan fingerprint density at radius 3 is 1.56 bits per heavy atom. The van der Waals surface area contributed by atoms with Crippen molar-refractivity contribution in [3.63, 3.8) is 0 Å². The van der Waals surface area contributed by atoms with Gasteiger partial charge in [0.1, 0.15) is 11.2 Å². The number of nitrogens with zero attached hydrogens (tertiary/aromatic N) is 2. The normalized spacial score (nSPS) is 13.0. The monoisotopic (exact) mass is 890 g/mol. The van der Waals surface area contributed by atoms with E-state index in [4.69, 9.17) is 4.42 Å². The second-order valence-electron chi connectivity index (χ2n) is 18.7. The van der Waals surface area contributed by atoms with Crippen molar-refractivity contribution >= 4 is 60.8 Å². The molecule has 70 heavy (non-hydrogen) atoms.